The van der Waals surface area contributed by atoms with Gasteiger partial charge in [-0.3, -0.25) is 4.79 Å². The average molecular weight is 442 g/mol. The molecular weight excluding hydrogens is 418 g/mol. The molecule has 31 heavy (non-hydrogen) atoms. The van der Waals surface area contributed by atoms with Crippen LogP contribution in [0.15, 0.2) is 47.1 Å². The van der Waals surface area contributed by atoms with Crippen LogP contribution in [0.3, 0.4) is 0 Å². The molecular formula is C23H24ClN3O4. The van der Waals surface area contributed by atoms with E-state index in [2.05, 4.69) is 15.5 Å². The highest BCUT2D eigenvalue weighted by atomic mass is 35.5. The van der Waals surface area contributed by atoms with Crippen molar-refractivity contribution in [1.82, 2.24) is 15.5 Å². The normalized spacial score (nSPS) is 15.4. The third-order valence-corrected chi connectivity index (χ3v) is 5.62. The minimum atomic E-state index is -0.902. The maximum Gasteiger partial charge on any atom is 0.252 e. The lowest BCUT2D eigenvalue weighted by molar-refractivity contribution is 0.0354. The molecule has 8 heteroatoms. The van der Waals surface area contributed by atoms with Gasteiger partial charge in [0.25, 0.3) is 5.91 Å². The topological polar surface area (TPSA) is 97.5 Å². The first kappa shape index (κ1) is 21.3. The molecule has 1 amide bonds. The van der Waals surface area contributed by atoms with E-state index in [4.69, 9.17) is 20.9 Å². The summed E-state index contributed by atoms with van der Waals surface area (Å²) in [4.78, 5) is 17.1. The van der Waals surface area contributed by atoms with E-state index in [1.54, 1.807) is 31.2 Å². The Balaban J connectivity index is 1.56. The number of halogens is 1. The van der Waals surface area contributed by atoms with E-state index in [1.807, 2.05) is 19.1 Å². The molecule has 1 aliphatic carbocycles. The van der Waals surface area contributed by atoms with Crippen LogP contribution in [0.25, 0.3) is 11.1 Å². The number of carbonyl (C=O) groups is 1. The van der Waals surface area contributed by atoms with Crippen LogP contribution < -0.4 is 10.1 Å². The Hall–Kier alpha value is -2.90. The van der Waals surface area contributed by atoms with E-state index in [0.717, 1.165) is 18.4 Å². The van der Waals surface area contributed by atoms with Gasteiger partial charge in [0, 0.05) is 29.4 Å². The summed E-state index contributed by atoms with van der Waals surface area (Å²) in [7, 11) is 0. The lowest BCUT2D eigenvalue weighted by atomic mass is 10.0. The van der Waals surface area contributed by atoms with E-state index in [-0.39, 0.29) is 25.0 Å². The van der Waals surface area contributed by atoms with Crippen molar-refractivity contribution in [2.45, 2.75) is 38.9 Å². The summed E-state index contributed by atoms with van der Waals surface area (Å²) in [5, 5.41) is 17.8. The molecule has 1 aliphatic rings. The highest BCUT2D eigenvalue weighted by molar-refractivity contribution is 6.30. The molecule has 1 saturated carbocycles. The fraction of sp³-hybridized carbons (Fsp3) is 0.348. The number of hydrogen-bond acceptors (Lipinski definition) is 6. The second-order valence-corrected chi connectivity index (χ2v) is 8.55. The van der Waals surface area contributed by atoms with Crippen molar-refractivity contribution in [1.29, 1.82) is 0 Å². The highest BCUT2D eigenvalue weighted by Crippen LogP contribution is 2.39. The number of amides is 1. The number of aromatic nitrogens is 2. The average Bonchev–Trinajstić information content (AvgIpc) is 3.54. The summed E-state index contributed by atoms with van der Waals surface area (Å²) in [6, 6.07) is 10.7. The molecule has 0 spiro atoms. The Kier molecular flexibility index (Phi) is 5.98. The third kappa shape index (κ3) is 5.24. The Morgan fingerprint density at radius 3 is 2.71 bits per heavy atom. The molecule has 0 saturated heterocycles. The zero-order valence-electron chi connectivity index (χ0n) is 17.4. The molecule has 0 radical (unpaired) electrons. The number of benzene rings is 1. The summed E-state index contributed by atoms with van der Waals surface area (Å²) in [5.41, 5.74) is 1.58. The third-order valence-electron chi connectivity index (χ3n) is 5.37. The number of pyridine rings is 1. The van der Waals surface area contributed by atoms with Crippen LogP contribution in [-0.4, -0.2) is 33.3 Å². The van der Waals surface area contributed by atoms with Crippen molar-refractivity contribution in [3.63, 3.8) is 0 Å². The molecule has 1 fully saturated rings. The Morgan fingerprint density at radius 2 is 2.06 bits per heavy atom. The zero-order chi connectivity index (χ0) is 22.0. The molecule has 4 rings (SSSR count). The first-order valence-electron chi connectivity index (χ1n) is 10.1. The van der Waals surface area contributed by atoms with Crippen LogP contribution in [-0.2, 0) is 6.61 Å². The van der Waals surface area contributed by atoms with E-state index in [1.165, 1.54) is 6.20 Å². The minimum Gasteiger partial charge on any atom is -0.471 e. The number of hydrogen-bond donors (Lipinski definition) is 2. The van der Waals surface area contributed by atoms with Gasteiger partial charge in [0.1, 0.15) is 18.1 Å². The second kappa shape index (κ2) is 8.69. The van der Waals surface area contributed by atoms with Gasteiger partial charge >= 0.3 is 0 Å². The van der Waals surface area contributed by atoms with Gasteiger partial charge in [-0.2, -0.15) is 0 Å². The Morgan fingerprint density at radius 1 is 1.32 bits per heavy atom. The summed E-state index contributed by atoms with van der Waals surface area (Å²) in [5.74, 6) is 0.997. The maximum atomic E-state index is 12.7. The fourth-order valence-electron chi connectivity index (χ4n) is 3.37. The van der Waals surface area contributed by atoms with E-state index in [0.29, 0.717) is 33.5 Å². The predicted molar refractivity (Wildman–Crippen MR) is 116 cm³/mol. The monoisotopic (exact) mass is 441 g/mol. The summed E-state index contributed by atoms with van der Waals surface area (Å²) in [6.45, 7) is 3.93. The molecule has 7 nitrogen and oxygen atoms in total. The van der Waals surface area contributed by atoms with Crippen LogP contribution in [0.1, 0.15) is 41.6 Å². The Bertz CT molecular complexity index is 1070. The SMILES string of the molecule is Cc1cc(COc2ncc(C(=O)NC[C@](C)(O)C3CC3)cc2-c2ccc(Cl)cc2)no1. The van der Waals surface area contributed by atoms with Crippen LogP contribution in [0, 0.1) is 12.8 Å². The summed E-state index contributed by atoms with van der Waals surface area (Å²) >= 11 is 6.03. The predicted octanol–water partition coefficient (Wildman–Crippen LogP) is 4.17. The van der Waals surface area contributed by atoms with Gasteiger partial charge in [-0.1, -0.05) is 28.9 Å². The van der Waals surface area contributed by atoms with Crippen LogP contribution in [0.4, 0.5) is 0 Å². The molecule has 1 atom stereocenters. The number of aryl methyl sites for hydroxylation is 1. The Labute approximate surface area is 185 Å². The summed E-state index contributed by atoms with van der Waals surface area (Å²) in [6.07, 6.45) is 3.44. The fourth-order valence-corrected chi connectivity index (χ4v) is 3.49. The van der Waals surface area contributed by atoms with E-state index < -0.39 is 5.60 Å². The van der Waals surface area contributed by atoms with Crippen molar-refractivity contribution >= 4 is 17.5 Å². The van der Waals surface area contributed by atoms with Crippen LogP contribution in [0.5, 0.6) is 5.88 Å². The van der Waals surface area contributed by atoms with Gasteiger partial charge in [0.15, 0.2) is 0 Å². The van der Waals surface area contributed by atoms with Crippen molar-refractivity contribution in [2.24, 2.45) is 5.92 Å². The molecule has 162 valence electrons. The molecule has 0 aliphatic heterocycles. The van der Waals surface area contributed by atoms with E-state index >= 15 is 0 Å². The molecule has 3 aromatic rings. The molecule has 0 bridgehead atoms. The number of nitrogens with zero attached hydrogens (tertiary/aromatic N) is 2. The zero-order valence-corrected chi connectivity index (χ0v) is 18.1. The number of rotatable bonds is 8. The van der Waals surface area contributed by atoms with E-state index in [9.17, 15) is 9.90 Å². The van der Waals surface area contributed by atoms with Gasteiger partial charge in [-0.15, -0.1) is 0 Å². The van der Waals surface area contributed by atoms with Gasteiger partial charge in [0.05, 0.1) is 11.2 Å². The first-order chi connectivity index (χ1) is 14.8. The summed E-state index contributed by atoms with van der Waals surface area (Å²) < 4.78 is 10.9. The van der Waals surface area contributed by atoms with Gasteiger partial charge < -0.3 is 19.7 Å². The minimum absolute atomic E-state index is 0.181. The van der Waals surface area contributed by atoms with Crippen molar-refractivity contribution in [3.8, 4) is 17.0 Å². The molecule has 2 N–H and O–H groups in total. The number of carbonyl (C=O) groups excluding carboxylic acids is 1. The smallest absolute Gasteiger partial charge is 0.252 e. The highest BCUT2D eigenvalue weighted by Gasteiger charge is 2.40. The number of aliphatic hydroxyl groups is 1. The molecule has 2 aromatic heterocycles. The van der Waals surface area contributed by atoms with Crippen molar-refractivity contribution in [3.05, 3.63) is 64.6 Å². The maximum absolute atomic E-state index is 12.7. The lowest BCUT2D eigenvalue weighted by Crippen LogP contribution is -2.42. The number of ether oxygens (including phenoxy) is 1. The van der Waals surface area contributed by atoms with Crippen LogP contribution in [0.2, 0.25) is 5.02 Å². The van der Waals surface area contributed by atoms with Crippen molar-refractivity contribution < 1.29 is 19.2 Å². The molecule has 0 unspecified atom stereocenters. The van der Waals surface area contributed by atoms with Gasteiger partial charge in [-0.25, -0.2) is 4.98 Å². The van der Waals surface area contributed by atoms with Crippen LogP contribution >= 0.6 is 11.6 Å². The van der Waals surface area contributed by atoms with Gasteiger partial charge in [0.2, 0.25) is 5.88 Å². The largest absolute Gasteiger partial charge is 0.471 e. The first-order valence-corrected chi connectivity index (χ1v) is 10.5. The van der Waals surface area contributed by atoms with Gasteiger partial charge in [-0.05, 0) is 56.4 Å². The molecule has 1 aromatic carbocycles. The molecule has 2 heterocycles. The van der Waals surface area contributed by atoms with Crippen molar-refractivity contribution in [2.75, 3.05) is 6.54 Å². The number of nitrogens with one attached hydrogen (secondary N) is 1. The standard InChI is InChI=1S/C23H24ClN3O4/c1-14-9-19(27-31-14)12-30-22-20(15-3-7-18(24)8-4-15)10-16(11-25-22)21(28)26-13-23(2,29)17-5-6-17/h3-4,7-11,17,29H,5-6,12-13H2,1-2H3,(H,26,28)/t23-/m0/s1. The lowest BCUT2D eigenvalue weighted by Gasteiger charge is -2.23. The second-order valence-electron chi connectivity index (χ2n) is 8.12. The quantitative estimate of drug-likeness (QED) is 0.544.